The minimum absolute atomic E-state index is 0.271. The molecule has 0 spiro atoms. The average Bonchev–Trinajstić information content (AvgIpc) is 2.87. The number of halogens is 1. The molecule has 1 fully saturated rings. The summed E-state index contributed by atoms with van der Waals surface area (Å²) in [6, 6.07) is 2.01. The van der Waals surface area contributed by atoms with E-state index in [0.717, 1.165) is 29.0 Å². The van der Waals surface area contributed by atoms with Gasteiger partial charge in [0, 0.05) is 0 Å². The first-order valence-corrected chi connectivity index (χ1v) is 8.09. The van der Waals surface area contributed by atoms with E-state index in [0.29, 0.717) is 5.88 Å². The molecule has 3 nitrogen and oxygen atoms in total. The van der Waals surface area contributed by atoms with Crippen molar-refractivity contribution in [1.82, 2.24) is 9.97 Å². The van der Waals surface area contributed by atoms with Crippen molar-refractivity contribution < 1.29 is 4.74 Å². The Labute approximate surface area is 122 Å². The van der Waals surface area contributed by atoms with Crippen LogP contribution in [0, 0.1) is 5.92 Å². The smallest absolute Gasteiger partial charge is 0.227 e. The number of aromatic nitrogens is 2. The van der Waals surface area contributed by atoms with Gasteiger partial charge < -0.3 is 4.74 Å². The Morgan fingerprint density at radius 2 is 2.32 bits per heavy atom. The largest absolute Gasteiger partial charge is 0.474 e. The molecular formula is C14H17ClN2OS. The maximum absolute atomic E-state index is 6.11. The van der Waals surface area contributed by atoms with Crippen molar-refractivity contribution in [3.8, 4) is 5.88 Å². The normalized spacial score (nSPS) is 23.7. The second-order valence-corrected chi connectivity index (χ2v) is 6.35. The van der Waals surface area contributed by atoms with E-state index in [-0.39, 0.29) is 11.4 Å². The third-order valence-corrected chi connectivity index (χ3v) is 4.83. The van der Waals surface area contributed by atoms with Crippen LogP contribution in [0.1, 0.15) is 39.0 Å². The SMILES string of the molecule is CCC1CCCC(Oc2nc(Cl)nc3sccc23)C1. The van der Waals surface area contributed by atoms with Gasteiger partial charge in [0.15, 0.2) is 0 Å². The number of hydrogen-bond acceptors (Lipinski definition) is 4. The quantitative estimate of drug-likeness (QED) is 0.771. The van der Waals surface area contributed by atoms with E-state index in [1.807, 2.05) is 11.4 Å². The number of ether oxygens (including phenoxy) is 1. The van der Waals surface area contributed by atoms with E-state index < -0.39 is 0 Å². The van der Waals surface area contributed by atoms with Crippen LogP contribution < -0.4 is 4.74 Å². The topological polar surface area (TPSA) is 35.0 Å². The third-order valence-electron chi connectivity index (χ3n) is 3.85. The molecule has 5 heteroatoms. The summed E-state index contributed by atoms with van der Waals surface area (Å²) >= 11 is 7.53. The Balaban J connectivity index is 1.82. The Hall–Kier alpha value is -0.870. The lowest BCUT2D eigenvalue weighted by Gasteiger charge is -2.28. The van der Waals surface area contributed by atoms with Crippen molar-refractivity contribution in [2.24, 2.45) is 5.92 Å². The molecule has 1 aliphatic rings. The number of nitrogens with zero attached hydrogens (tertiary/aromatic N) is 2. The lowest BCUT2D eigenvalue weighted by atomic mass is 9.85. The lowest BCUT2D eigenvalue weighted by molar-refractivity contribution is 0.119. The first kappa shape index (κ1) is 13.1. The van der Waals surface area contributed by atoms with E-state index in [1.165, 1.54) is 19.3 Å². The molecule has 2 atom stereocenters. The maximum atomic E-state index is 6.11. The fourth-order valence-corrected chi connectivity index (χ4v) is 3.74. The minimum atomic E-state index is 0.271. The van der Waals surface area contributed by atoms with Crippen molar-refractivity contribution in [3.05, 3.63) is 16.7 Å². The number of hydrogen-bond donors (Lipinski definition) is 0. The van der Waals surface area contributed by atoms with Gasteiger partial charge in [-0.2, -0.15) is 4.98 Å². The van der Waals surface area contributed by atoms with Crippen LogP contribution in [0.4, 0.5) is 0 Å². The highest BCUT2D eigenvalue weighted by molar-refractivity contribution is 7.16. The minimum Gasteiger partial charge on any atom is -0.474 e. The van der Waals surface area contributed by atoms with E-state index in [1.54, 1.807) is 11.3 Å². The number of thiophene rings is 1. The molecule has 0 amide bonds. The van der Waals surface area contributed by atoms with Gasteiger partial charge in [-0.25, -0.2) is 4.98 Å². The Bertz CT molecular complexity index is 572. The second kappa shape index (κ2) is 5.63. The van der Waals surface area contributed by atoms with Crippen LogP contribution >= 0.6 is 22.9 Å². The summed E-state index contributed by atoms with van der Waals surface area (Å²) in [6.07, 6.45) is 6.32. The highest BCUT2D eigenvalue weighted by Gasteiger charge is 2.23. The van der Waals surface area contributed by atoms with Crippen LogP contribution in [0.25, 0.3) is 10.2 Å². The standard InChI is InChI=1S/C14H17ClN2OS/c1-2-9-4-3-5-10(8-9)18-12-11-6-7-19-13(11)17-14(15)16-12/h6-7,9-10H,2-5,8H2,1H3. The van der Waals surface area contributed by atoms with E-state index >= 15 is 0 Å². The summed E-state index contributed by atoms with van der Waals surface area (Å²) in [5, 5.41) is 3.25. The van der Waals surface area contributed by atoms with Crippen LogP contribution in [-0.4, -0.2) is 16.1 Å². The van der Waals surface area contributed by atoms with Crippen LogP contribution in [0.3, 0.4) is 0 Å². The predicted molar refractivity (Wildman–Crippen MR) is 79.1 cm³/mol. The molecule has 1 saturated carbocycles. The zero-order valence-electron chi connectivity index (χ0n) is 10.9. The predicted octanol–water partition coefficient (Wildman–Crippen LogP) is 4.69. The molecule has 0 aromatic carbocycles. The summed E-state index contributed by atoms with van der Waals surface area (Å²) in [6.45, 7) is 2.26. The Morgan fingerprint density at radius 1 is 1.42 bits per heavy atom. The van der Waals surface area contributed by atoms with Crippen molar-refractivity contribution in [1.29, 1.82) is 0 Å². The highest BCUT2D eigenvalue weighted by atomic mass is 35.5. The summed E-state index contributed by atoms with van der Waals surface area (Å²) in [4.78, 5) is 9.37. The summed E-state index contributed by atoms with van der Waals surface area (Å²) in [5.74, 6) is 1.44. The molecule has 2 aromatic heterocycles. The van der Waals surface area contributed by atoms with Gasteiger partial charge in [-0.15, -0.1) is 11.3 Å². The van der Waals surface area contributed by atoms with Crippen molar-refractivity contribution >= 4 is 33.2 Å². The zero-order valence-corrected chi connectivity index (χ0v) is 12.5. The van der Waals surface area contributed by atoms with E-state index in [4.69, 9.17) is 16.3 Å². The average molecular weight is 297 g/mol. The fourth-order valence-electron chi connectivity index (χ4n) is 2.77. The summed E-state index contributed by atoms with van der Waals surface area (Å²) < 4.78 is 6.11. The van der Waals surface area contributed by atoms with Crippen molar-refractivity contribution in [3.63, 3.8) is 0 Å². The molecule has 0 bridgehead atoms. The van der Waals surface area contributed by atoms with Gasteiger partial charge in [-0.3, -0.25) is 0 Å². The Morgan fingerprint density at radius 3 is 3.16 bits per heavy atom. The first-order valence-electron chi connectivity index (χ1n) is 6.83. The summed E-state index contributed by atoms with van der Waals surface area (Å²) in [5.41, 5.74) is 0. The zero-order chi connectivity index (χ0) is 13.2. The van der Waals surface area contributed by atoms with Crippen molar-refractivity contribution in [2.75, 3.05) is 0 Å². The molecule has 1 aliphatic carbocycles. The molecule has 0 N–H and O–H groups in total. The van der Waals surface area contributed by atoms with Gasteiger partial charge >= 0.3 is 0 Å². The Kier molecular flexibility index (Phi) is 3.89. The maximum Gasteiger partial charge on any atom is 0.227 e. The third kappa shape index (κ3) is 2.84. The highest BCUT2D eigenvalue weighted by Crippen LogP contribution is 2.33. The van der Waals surface area contributed by atoms with E-state index in [9.17, 15) is 0 Å². The van der Waals surface area contributed by atoms with Crippen LogP contribution in [0.5, 0.6) is 5.88 Å². The molecule has 3 rings (SSSR count). The van der Waals surface area contributed by atoms with Crippen LogP contribution in [-0.2, 0) is 0 Å². The van der Waals surface area contributed by atoms with Gasteiger partial charge in [-0.1, -0.05) is 19.8 Å². The van der Waals surface area contributed by atoms with Crippen LogP contribution in [0.2, 0.25) is 5.28 Å². The molecule has 2 heterocycles. The molecule has 2 aromatic rings. The number of rotatable bonds is 3. The summed E-state index contributed by atoms with van der Waals surface area (Å²) in [7, 11) is 0. The van der Waals surface area contributed by atoms with Crippen molar-refractivity contribution in [2.45, 2.75) is 45.1 Å². The molecule has 0 saturated heterocycles. The molecule has 2 unspecified atom stereocenters. The lowest BCUT2D eigenvalue weighted by Crippen LogP contribution is -2.25. The molecule has 0 aliphatic heterocycles. The monoisotopic (exact) mass is 296 g/mol. The second-order valence-electron chi connectivity index (χ2n) is 5.12. The number of fused-ring (bicyclic) bond motifs is 1. The first-order chi connectivity index (χ1) is 9.26. The molecule has 102 valence electrons. The fraction of sp³-hybridized carbons (Fsp3) is 0.571. The van der Waals surface area contributed by atoms with Gasteiger partial charge in [-0.05, 0) is 48.2 Å². The van der Waals surface area contributed by atoms with Gasteiger partial charge in [0.1, 0.15) is 10.9 Å². The van der Waals surface area contributed by atoms with Gasteiger partial charge in [0.2, 0.25) is 11.2 Å². The van der Waals surface area contributed by atoms with E-state index in [2.05, 4.69) is 16.9 Å². The van der Waals surface area contributed by atoms with Crippen LogP contribution in [0.15, 0.2) is 11.4 Å². The van der Waals surface area contributed by atoms with Gasteiger partial charge in [0.25, 0.3) is 0 Å². The molecule has 19 heavy (non-hydrogen) atoms. The van der Waals surface area contributed by atoms with Gasteiger partial charge in [0.05, 0.1) is 5.39 Å². The molecule has 0 radical (unpaired) electrons. The molecular weight excluding hydrogens is 280 g/mol.